The van der Waals surface area contributed by atoms with Crippen LogP contribution >= 0.6 is 0 Å². The fraction of sp³-hybridized carbons (Fsp3) is 0.214. The minimum Gasteiger partial charge on any atom is -0.300 e. The number of rotatable bonds is 4. The molecule has 0 spiro atoms. The topological polar surface area (TPSA) is 54.5 Å². The van der Waals surface area contributed by atoms with E-state index in [1.54, 1.807) is 24.3 Å². The lowest BCUT2D eigenvalue weighted by Crippen LogP contribution is -2.30. The van der Waals surface area contributed by atoms with E-state index in [9.17, 15) is 14.4 Å². The maximum Gasteiger partial charge on any atom is 0.261 e. The van der Waals surface area contributed by atoms with E-state index in [-0.39, 0.29) is 24.0 Å². The summed E-state index contributed by atoms with van der Waals surface area (Å²) < 4.78 is 0. The summed E-state index contributed by atoms with van der Waals surface area (Å²) in [6, 6.07) is 8.76. The zero-order chi connectivity index (χ0) is 13.1. The third-order valence-corrected chi connectivity index (χ3v) is 2.76. The van der Waals surface area contributed by atoms with Crippen LogP contribution in [-0.4, -0.2) is 17.6 Å². The highest BCUT2D eigenvalue weighted by Gasteiger charge is 2.31. The van der Waals surface area contributed by atoms with E-state index in [1.165, 1.54) is 13.0 Å². The standard InChI is InChI=1S/C14H13NO3/c1-10(16)7-8-11-9-13(17)15(14(11)18)12-5-3-2-4-6-12/h2-6,9H,7-8H2,1H3. The molecule has 18 heavy (non-hydrogen) atoms. The molecule has 1 aromatic carbocycles. The highest BCUT2D eigenvalue weighted by Crippen LogP contribution is 2.24. The monoisotopic (exact) mass is 243 g/mol. The molecule has 0 saturated heterocycles. The number of anilines is 1. The molecular weight excluding hydrogens is 230 g/mol. The Bertz CT molecular complexity index is 531. The minimum absolute atomic E-state index is 0.00862. The summed E-state index contributed by atoms with van der Waals surface area (Å²) in [4.78, 5) is 35.9. The van der Waals surface area contributed by atoms with Gasteiger partial charge >= 0.3 is 0 Å². The largest absolute Gasteiger partial charge is 0.300 e. The van der Waals surface area contributed by atoms with Crippen LogP contribution < -0.4 is 4.90 Å². The number of hydrogen-bond donors (Lipinski definition) is 0. The summed E-state index contributed by atoms with van der Waals surface area (Å²) in [5, 5.41) is 0. The Labute approximate surface area is 105 Å². The first-order valence-electron chi connectivity index (χ1n) is 5.73. The van der Waals surface area contributed by atoms with Gasteiger partial charge in [-0.1, -0.05) is 18.2 Å². The fourth-order valence-electron chi connectivity index (χ4n) is 1.83. The van der Waals surface area contributed by atoms with Gasteiger partial charge in [0, 0.05) is 18.1 Å². The third kappa shape index (κ3) is 2.37. The molecule has 1 heterocycles. The lowest BCUT2D eigenvalue weighted by Gasteiger charge is -2.14. The van der Waals surface area contributed by atoms with Crippen LogP contribution in [0.5, 0.6) is 0 Å². The average molecular weight is 243 g/mol. The lowest BCUT2D eigenvalue weighted by molar-refractivity contribution is -0.120. The van der Waals surface area contributed by atoms with E-state index in [4.69, 9.17) is 0 Å². The van der Waals surface area contributed by atoms with Crippen molar-refractivity contribution >= 4 is 23.3 Å². The predicted molar refractivity (Wildman–Crippen MR) is 66.9 cm³/mol. The smallest absolute Gasteiger partial charge is 0.261 e. The molecule has 2 amide bonds. The van der Waals surface area contributed by atoms with Gasteiger partial charge in [-0.3, -0.25) is 9.59 Å². The van der Waals surface area contributed by atoms with Gasteiger partial charge in [0.25, 0.3) is 11.8 Å². The fourth-order valence-corrected chi connectivity index (χ4v) is 1.83. The van der Waals surface area contributed by atoms with E-state index >= 15 is 0 Å². The number of ketones is 1. The first-order chi connectivity index (χ1) is 8.59. The summed E-state index contributed by atoms with van der Waals surface area (Å²) in [7, 11) is 0. The number of carbonyl (C=O) groups is 3. The SMILES string of the molecule is CC(=O)CCC1=CC(=O)N(c2ccccc2)C1=O. The Morgan fingerprint density at radius 2 is 1.83 bits per heavy atom. The van der Waals surface area contributed by atoms with Gasteiger partial charge in [0.1, 0.15) is 5.78 Å². The van der Waals surface area contributed by atoms with Crippen LogP contribution in [0.25, 0.3) is 0 Å². The number of Topliss-reactive ketones (excluding diaryl/α,β-unsaturated/α-hetero) is 1. The van der Waals surface area contributed by atoms with Gasteiger partial charge in [0.05, 0.1) is 5.69 Å². The number of nitrogens with zero attached hydrogens (tertiary/aromatic N) is 1. The summed E-state index contributed by atoms with van der Waals surface area (Å²) in [6.07, 6.45) is 1.93. The lowest BCUT2D eigenvalue weighted by atomic mass is 10.1. The molecule has 1 aromatic rings. The summed E-state index contributed by atoms with van der Waals surface area (Å²) in [5.41, 5.74) is 0.959. The second-order valence-electron chi connectivity index (χ2n) is 4.19. The molecular formula is C14H13NO3. The Hall–Kier alpha value is -2.23. The van der Waals surface area contributed by atoms with Crippen molar-refractivity contribution in [3.8, 4) is 0 Å². The first kappa shape index (κ1) is 12.2. The van der Waals surface area contributed by atoms with Crippen LogP contribution in [0.3, 0.4) is 0 Å². The van der Waals surface area contributed by atoms with Crippen molar-refractivity contribution in [1.29, 1.82) is 0 Å². The van der Waals surface area contributed by atoms with Gasteiger partial charge in [-0.05, 0) is 25.5 Å². The number of amides is 2. The number of hydrogen-bond acceptors (Lipinski definition) is 3. The molecule has 0 unspecified atom stereocenters. The van der Waals surface area contributed by atoms with Crippen molar-refractivity contribution in [3.05, 3.63) is 42.0 Å². The first-order valence-corrected chi connectivity index (χ1v) is 5.73. The number of imide groups is 1. The zero-order valence-corrected chi connectivity index (χ0v) is 10.1. The Morgan fingerprint density at radius 3 is 2.44 bits per heavy atom. The molecule has 0 radical (unpaired) electrons. The summed E-state index contributed by atoms with van der Waals surface area (Å²) in [6.45, 7) is 1.47. The van der Waals surface area contributed by atoms with Gasteiger partial charge in [-0.25, -0.2) is 4.90 Å². The van der Waals surface area contributed by atoms with Crippen molar-refractivity contribution in [3.63, 3.8) is 0 Å². The van der Waals surface area contributed by atoms with Crippen molar-refractivity contribution in [1.82, 2.24) is 0 Å². The average Bonchev–Trinajstić information content (AvgIpc) is 2.63. The number of para-hydroxylation sites is 1. The summed E-state index contributed by atoms with van der Waals surface area (Å²) >= 11 is 0. The van der Waals surface area contributed by atoms with E-state index in [0.29, 0.717) is 17.7 Å². The molecule has 0 bridgehead atoms. The van der Waals surface area contributed by atoms with Crippen molar-refractivity contribution in [2.45, 2.75) is 19.8 Å². The van der Waals surface area contributed by atoms with Gasteiger partial charge in [-0.15, -0.1) is 0 Å². The van der Waals surface area contributed by atoms with Crippen LogP contribution in [0, 0.1) is 0 Å². The second-order valence-corrected chi connectivity index (χ2v) is 4.19. The highest BCUT2D eigenvalue weighted by atomic mass is 16.2. The van der Waals surface area contributed by atoms with Crippen LogP contribution in [0.15, 0.2) is 42.0 Å². The third-order valence-electron chi connectivity index (χ3n) is 2.76. The van der Waals surface area contributed by atoms with Crippen LogP contribution in [0.2, 0.25) is 0 Å². The van der Waals surface area contributed by atoms with E-state index in [2.05, 4.69) is 0 Å². The molecule has 0 atom stereocenters. The van der Waals surface area contributed by atoms with Gasteiger partial charge in [0.2, 0.25) is 0 Å². The molecule has 2 rings (SSSR count). The maximum atomic E-state index is 12.1. The van der Waals surface area contributed by atoms with Gasteiger partial charge in [-0.2, -0.15) is 0 Å². The Morgan fingerprint density at radius 1 is 1.17 bits per heavy atom. The normalized spacial score (nSPS) is 14.9. The van der Waals surface area contributed by atoms with E-state index in [1.807, 2.05) is 6.07 Å². The predicted octanol–water partition coefficient (Wildman–Crippen LogP) is 1.86. The van der Waals surface area contributed by atoms with E-state index < -0.39 is 0 Å². The van der Waals surface area contributed by atoms with Crippen LogP contribution in [-0.2, 0) is 14.4 Å². The van der Waals surface area contributed by atoms with Crippen molar-refractivity contribution in [2.75, 3.05) is 4.90 Å². The van der Waals surface area contributed by atoms with Gasteiger partial charge in [0.15, 0.2) is 0 Å². The molecule has 0 aliphatic carbocycles. The van der Waals surface area contributed by atoms with Crippen LogP contribution in [0.1, 0.15) is 19.8 Å². The molecule has 92 valence electrons. The molecule has 1 aliphatic rings. The molecule has 1 aliphatic heterocycles. The van der Waals surface area contributed by atoms with Crippen LogP contribution in [0.4, 0.5) is 5.69 Å². The van der Waals surface area contributed by atoms with Crippen molar-refractivity contribution < 1.29 is 14.4 Å². The Kier molecular flexibility index (Phi) is 3.37. The summed E-state index contributed by atoms with van der Waals surface area (Å²) in [5.74, 6) is -0.661. The molecule has 0 saturated carbocycles. The minimum atomic E-state index is -0.343. The molecule has 0 aromatic heterocycles. The number of carbonyl (C=O) groups excluding carboxylic acids is 3. The second kappa shape index (κ2) is 4.96. The molecule has 0 fully saturated rings. The molecule has 4 nitrogen and oxygen atoms in total. The Balaban J connectivity index is 2.17. The molecule has 0 N–H and O–H groups in total. The van der Waals surface area contributed by atoms with Crippen molar-refractivity contribution in [2.24, 2.45) is 0 Å². The molecule has 4 heteroatoms. The van der Waals surface area contributed by atoms with E-state index in [0.717, 1.165) is 4.90 Å². The zero-order valence-electron chi connectivity index (χ0n) is 10.1. The number of benzene rings is 1. The van der Waals surface area contributed by atoms with Gasteiger partial charge < -0.3 is 4.79 Å². The highest BCUT2D eigenvalue weighted by molar-refractivity contribution is 6.30. The maximum absolute atomic E-state index is 12.1. The quantitative estimate of drug-likeness (QED) is 0.758.